The predicted octanol–water partition coefficient (Wildman–Crippen LogP) is 3.37. The molecule has 2 aliphatic rings. The molecular formula is C22H23F2N5O2. The molecule has 0 saturated carbocycles. The highest BCUT2D eigenvalue weighted by atomic mass is 19.1. The lowest BCUT2D eigenvalue weighted by molar-refractivity contribution is -0.115. The molecule has 1 N–H and O–H groups in total. The predicted molar refractivity (Wildman–Crippen MR) is 111 cm³/mol. The van der Waals surface area contributed by atoms with Crippen molar-refractivity contribution in [2.75, 3.05) is 38.2 Å². The molecule has 31 heavy (non-hydrogen) atoms. The normalized spacial score (nSPS) is 19.9. The monoisotopic (exact) mass is 427 g/mol. The van der Waals surface area contributed by atoms with Gasteiger partial charge in [-0.05, 0) is 42.3 Å². The summed E-state index contributed by atoms with van der Waals surface area (Å²) < 4.78 is 39.7. The van der Waals surface area contributed by atoms with Crippen LogP contribution in [0.5, 0.6) is 0 Å². The van der Waals surface area contributed by atoms with E-state index < -0.39 is 11.6 Å². The van der Waals surface area contributed by atoms with Gasteiger partial charge in [0.25, 0.3) is 0 Å². The smallest absolute Gasteiger partial charge is 0.246 e. The van der Waals surface area contributed by atoms with E-state index in [4.69, 9.17) is 9.47 Å². The first-order chi connectivity index (χ1) is 15.0. The third kappa shape index (κ3) is 4.43. The van der Waals surface area contributed by atoms with E-state index in [1.165, 1.54) is 23.1 Å². The van der Waals surface area contributed by atoms with Gasteiger partial charge in [-0.3, -0.25) is 4.90 Å². The average Bonchev–Trinajstić information content (AvgIpc) is 3.14. The van der Waals surface area contributed by atoms with Crippen LogP contribution in [0.4, 0.5) is 20.4 Å². The van der Waals surface area contributed by atoms with Gasteiger partial charge >= 0.3 is 0 Å². The zero-order valence-corrected chi connectivity index (χ0v) is 17.1. The molecule has 0 bridgehead atoms. The van der Waals surface area contributed by atoms with Crippen molar-refractivity contribution in [2.45, 2.75) is 19.1 Å². The number of morpholine rings is 1. The summed E-state index contributed by atoms with van der Waals surface area (Å²) in [6.45, 7) is 6.04. The topological polar surface area (TPSA) is 64.4 Å². The highest BCUT2D eigenvalue weighted by Crippen LogP contribution is 2.29. The van der Waals surface area contributed by atoms with Crippen LogP contribution in [0.25, 0.3) is 5.69 Å². The Balaban J connectivity index is 1.33. The van der Waals surface area contributed by atoms with E-state index in [-0.39, 0.29) is 11.8 Å². The Kier molecular flexibility index (Phi) is 5.39. The fourth-order valence-electron chi connectivity index (χ4n) is 3.95. The Morgan fingerprint density at radius 2 is 1.87 bits per heavy atom. The van der Waals surface area contributed by atoms with Crippen LogP contribution in [0.1, 0.15) is 17.2 Å². The Hall–Kier alpha value is -2.88. The van der Waals surface area contributed by atoms with E-state index in [9.17, 15) is 8.78 Å². The molecule has 2 saturated heterocycles. The maximum absolute atomic E-state index is 13.5. The number of nitrogens with one attached hydrogen (secondary N) is 1. The molecule has 3 heterocycles. The first-order valence-corrected chi connectivity index (χ1v) is 10.2. The molecule has 0 radical (unpaired) electrons. The van der Waals surface area contributed by atoms with E-state index in [1.807, 2.05) is 19.1 Å². The summed E-state index contributed by atoms with van der Waals surface area (Å²) in [6, 6.07) is 9.85. The molecule has 1 atom stereocenters. The molecule has 0 amide bonds. The van der Waals surface area contributed by atoms with Crippen LogP contribution in [0.2, 0.25) is 0 Å². The summed E-state index contributed by atoms with van der Waals surface area (Å²) >= 11 is 0. The standard InChI is InChI=1S/C22H23F2N5O2/c1-14-4-15(21-10-28(2-3-31-21)20-11-30-12-20)6-18(5-14)26-22-25-13-29(27-22)19-8-16(23)7-17(24)9-19/h4-9,13,20-21H,2-3,10-12H2,1H3,(H,26,27). The van der Waals surface area contributed by atoms with E-state index in [0.29, 0.717) is 18.6 Å². The average molecular weight is 427 g/mol. The van der Waals surface area contributed by atoms with Gasteiger partial charge < -0.3 is 14.8 Å². The summed E-state index contributed by atoms with van der Waals surface area (Å²) in [5, 5.41) is 7.47. The molecule has 0 spiro atoms. The van der Waals surface area contributed by atoms with E-state index in [2.05, 4.69) is 26.4 Å². The maximum Gasteiger partial charge on any atom is 0.246 e. The van der Waals surface area contributed by atoms with Crippen LogP contribution in [0.3, 0.4) is 0 Å². The lowest BCUT2D eigenvalue weighted by atomic mass is 10.0. The SMILES string of the molecule is Cc1cc(Nc2ncn(-c3cc(F)cc(F)c3)n2)cc(C2CN(C3COC3)CCO2)c1. The number of aryl methyl sites for hydroxylation is 1. The van der Waals surface area contributed by atoms with E-state index >= 15 is 0 Å². The van der Waals surface area contributed by atoms with Crippen molar-refractivity contribution in [3.8, 4) is 5.69 Å². The van der Waals surface area contributed by atoms with Crippen LogP contribution in [-0.2, 0) is 9.47 Å². The lowest BCUT2D eigenvalue weighted by Crippen LogP contribution is -2.53. The van der Waals surface area contributed by atoms with Crippen molar-refractivity contribution in [3.63, 3.8) is 0 Å². The van der Waals surface area contributed by atoms with Gasteiger partial charge in [-0.25, -0.2) is 13.5 Å². The number of hydrogen-bond donors (Lipinski definition) is 1. The zero-order chi connectivity index (χ0) is 21.4. The second kappa shape index (κ2) is 8.33. The third-order valence-corrected chi connectivity index (χ3v) is 5.57. The number of benzene rings is 2. The number of anilines is 2. The second-order valence-electron chi connectivity index (χ2n) is 7.94. The van der Waals surface area contributed by atoms with Crippen LogP contribution < -0.4 is 5.32 Å². The Labute approximate surface area is 178 Å². The highest BCUT2D eigenvalue weighted by Gasteiger charge is 2.31. The minimum atomic E-state index is -0.668. The van der Waals surface area contributed by atoms with Crippen LogP contribution >= 0.6 is 0 Å². The van der Waals surface area contributed by atoms with Gasteiger partial charge in [-0.1, -0.05) is 6.07 Å². The minimum Gasteiger partial charge on any atom is -0.378 e. The fourth-order valence-corrected chi connectivity index (χ4v) is 3.95. The summed E-state index contributed by atoms with van der Waals surface area (Å²) in [5.41, 5.74) is 3.25. The number of aromatic nitrogens is 3. The molecule has 0 aliphatic carbocycles. The van der Waals surface area contributed by atoms with Crippen molar-refractivity contribution >= 4 is 11.6 Å². The van der Waals surface area contributed by atoms with Gasteiger partial charge in [0.15, 0.2) is 0 Å². The third-order valence-electron chi connectivity index (χ3n) is 5.57. The summed E-state index contributed by atoms with van der Waals surface area (Å²) in [6.07, 6.45) is 1.39. The van der Waals surface area contributed by atoms with Gasteiger partial charge in [-0.2, -0.15) is 4.98 Å². The molecule has 162 valence electrons. The van der Waals surface area contributed by atoms with Crippen molar-refractivity contribution in [1.82, 2.24) is 19.7 Å². The Bertz CT molecular complexity index is 1070. The second-order valence-corrected chi connectivity index (χ2v) is 7.94. The lowest BCUT2D eigenvalue weighted by Gasteiger charge is -2.42. The van der Waals surface area contributed by atoms with E-state index in [0.717, 1.165) is 49.2 Å². The maximum atomic E-state index is 13.5. The van der Waals surface area contributed by atoms with Gasteiger partial charge in [-0.15, -0.1) is 5.10 Å². The molecule has 1 unspecified atom stereocenters. The van der Waals surface area contributed by atoms with Gasteiger partial charge in [0.05, 0.1) is 37.7 Å². The summed E-state index contributed by atoms with van der Waals surface area (Å²) in [4.78, 5) is 6.64. The van der Waals surface area contributed by atoms with Crippen molar-refractivity contribution in [2.24, 2.45) is 0 Å². The molecule has 1 aromatic heterocycles. The molecule has 5 rings (SSSR count). The summed E-state index contributed by atoms with van der Waals surface area (Å²) in [7, 11) is 0. The first-order valence-electron chi connectivity index (χ1n) is 10.2. The molecule has 2 aromatic carbocycles. The van der Waals surface area contributed by atoms with Crippen molar-refractivity contribution < 1.29 is 18.3 Å². The summed E-state index contributed by atoms with van der Waals surface area (Å²) in [5.74, 6) is -1.00. The minimum absolute atomic E-state index is 0.0180. The van der Waals surface area contributed by atoms with Gasteiger partial charge in [0, 0.05) is 24.8 Å². The quantitative estimate of drug-likeness (QED) is 0.674. The van der Waals surface area contributed by atoms with Crippen molar-refractivity contribution in [1.29, 1.82) is 0 Å². The molecule has 9 heteroatoms. The Morgan fingerprint density at radius 3 is 2.61 bits per heavy atom. The van der Waals surface area contributed by atoms with Gasteiger partial charge in [0.2, 0.25) is 5.95 Å². The number of hydrogen-bond acceptors (Lipinski definition) is 6. The highest BCUT2D eigenvalue weighted by molar-refractivity contribution is 5.56. The number of halogens is 2. The fraction of sp³-hybridized carbons (Fsp3) is 0.364. The number of ether oxygens (including phenoxy) is 2. The molecule has 3 aromatic rings. The molecule has 2 fully saturated rings. The van der Waals surface area contributed by atoms with Crippen LogP contribution in [0.15, 0.2) is 42.7 Å². The van der Waals surface area contributed by atoms with Crippen LogP contribution in [0, 0.1) is 18.6 Å². The molecule has 7 nitrogen and oxygen atoms in total. The van der Waals surface area contributed by atoms with Crippen LogP contribution in [-0.4, -0.2) is 58.6 Å². The Morgan fingerprint density at radius 1 is 1.06 bits per heavy atom. The molecular weight excluding hydrogens is 404 g/mol. The first kappa shape index (κ1) is 20.0. The largest absolute Gasteiger partial charge is 0.378 e. The van der Waals surface area contributed by atoms with Crippen molar-refractivity contribution in [3.05, 3.63) is 65.5 Å². The number of rotatable bonds is 5. The zero-order valence-electron chi connectivity index (χ0n) is 17.1. The van der Waals surface area contributed by atoms with E-state index in [1.54, 1.807) is 0 Å². The number of nitrogens with zero attached hydrogens (tertiary/aromatic N) is 4. The molecule has 2 aliphatic heterocycles. The van der Waals surface area contributed by atoms with Gasteiger partial charge in [0.1, 0.15) is 18.0 Å².